The van der Waals surface area contributed by atoms with Gasteiger partial charge in [-0.05, 0) is 29.2 Å². The van der Waals surface area contributed by atoms with Crippen LogP contribution >= 0.6 is 0 Å². The van der Waals surface area contributed by atoms with Gasteiger partial charge >= 0.3 is 0 Å². The molecule has 0 aliphatic heterocycles. The molecule has 3 rings (SSSR count). The monoisotopic (exact) mass is 308 g/mol. The number of aromatic amines is 1. The Morgan fingerprint density at radius 3 is 2.57 bits per heavy atom. The van der Waals surface area contributed by atoms with E-state index in [2.05, 4.69) is 16.4 Å². The van der Waals surface area contributed by atoms with Gasteiger partial charge in [0.25, 0.3) is 0 Å². The number of amides is 1. The number of rotatable bonds is 6. The minimum absolute atomic E-state index is 0.0125. The maximum atomic E-state index is 12.1. The first kappa shape index (κ1) is 15.3. The molecule has 4 heteroatoms. The van der Waals surface area contributed by atoms with Crippen molar-refractivity contribution < 1.29 is 9.90 Å². The first-order chi connectivity index (χ1) is 11.3. The van der Waals surface area contributed by atoms with Gasteiger partial charge in [-0.15, -0.1) is 0 Å². The fourth-order valence-electron chi connectivity index (χ4n) is 2.75. The molecule has 3 aromatic rings. The van der Waals surface area contributed by atoms with E-state index >= 15 is 0 Å². The van der Waals surface area contributed by atoms with Gasteiger partial charge in [0.15, 0.2) is 0 Å². The second kappa shape index (κ2) is 7.11. The fourth-order valence-corrected chi connectivity index (χ4v) is 2.75. The van der Waals surface area contributed by atoms with E-state index in [0.717, 1.165) is 22.2 Å². The predicted molar refractivity (Wildman–Crippen MR) is 90.8 cm³/mol. The third-order valence-corrected chi connectivity index (χ3v) is 4.06. The zero-order valence-electron chi connectivity index (χ0n) is 12.9. The van der Waals surface area contributed by atoms with Gasteiger partial charge in [0.2, 0.25) is 5.91 Å². The molecule has 2 aromatic carbocycles. The van der Waals surface area contributed by atoms with Crippen molar-refractivity contribution in [3.63, 3.8) is 0 Å². The zero-order chi connectivity index (χ0) is 16.1. The van der Waals surface area contributed by atoms with E-state index in [1.165, 1.54) is 5.39 Å². The molecule has 23 heavy (non-hydrogen) atoms. The van der Waals surface area contributed by atoms with E-state index in [1.54, 1.807) is 0 Å². The highest BCUT2D eigenvalue weighted by Gasteiger charge is 2.07. The second-order valence-electron chi connectivity index (χ2n) is 5.56. The average molecular weight is 308 g/mol. The quantitative estimate of drug-likeness (QED) is 0.655. The lowest BCUT2D eigenvalue weighted by Crippen LogP contribution is -2.23. The van der Waals surface area contributed by atoms with Crippen LogP contribution in [0.1, 0.15) is 23.1 Å². The summed E-state index contributed by atoms with van der Waals surface area (Å²) in [5, 5.41) is 13.4. The van der Waals surface area contributed by atoms with E-state index in [1.807, 2.05) is 48.7 Å². The molecule has 4 nitrogen and oxygen atoms in total. The molecule has 0 atom stereocenters. The van der Waals surface area contributed by atoms with Gasteiger partial charge in [0, 0.05) is 30.1 Å². The van der Waals surface area contributed by atoms with Crippen LogP contribution in [0.4, 0.5) is 0 Å². The summed E-state index contributed by atoms with van der Waals surface area (Å²) in [6.07, 6.45) is 3.12. The number of fused-ring (bicyclic) bond motifs is 1. The van der Waals surface area contributed by atoms with Crippen molar-refractivity contribution in [2.75, 3.05) is 0 Å². The Balaban J connectivity index is 1.56. The first-order valence-corrected chi connectivity index (χ1v) is 7.77. The molecule has 0 radical (unpaired) electrons. The Labute approximate surface area is 135 Å². The molecule has 0 bridgehead atoms. The van der Waals surface area contributed by atoms with Crippen LogP contribution in [0.3, 0.4) is 0 Å². The number of carbonyl (C=O) groups is 1. The number of H-pyrrole nitrogens is 1. The molecule has 0 unspecified atom stereocenters. The number of para-hydroxylation sites is 1. The molecule has 0 fully saturated rings. The normalized spacial score (nSPS) is 10.8. The van der Waals surface area contributed by atoms with Gasteiger partial charge < -0.3 is 15.4 Å². The van der Waals surface area contributed by atoms with Crippen LogP contribution in [0.15, 0.2) is 54.7 Å². The average Bonchev–Trinajstić information content (AvgIpc) is 3.01. The summed E-state index contributed by atoms with van der Waals surface area (Å²) >= 11 is 0. The number of aliphatic hydroxyl groups is 1. The van der Waals surface area contributed by atoms with Crippen molar-refractivity contribution in [2.45, 2.75) is 26.0 Å². The van der Waals surface area contributed by atoms with Crippen molar-refractivity contribution in [1.82, 2.24) is 10.3 Å². The number of nitrogens with one attached hydrogen (secondary N) is 2. The number of aryl methyl sites for hydroxylation is 1. The highest BCUT2D eigenvalue weighted by atomic mass is 16.3. The lowest BCUT2D eigenvalue weighted by molar-refractivity contribution is -0.121. The van der Waals surface area contributed by atoms with E-state index in [9.17, 15) is 9.90 Å². The van der Waals surface area contributed by atoms with Crippen molar-refractivity contribution in [2.24, 2.45) is 0 Å². The molecule has 1 heterocycles. The Bertz CT molecular complexity index is 808. The maximum absolute atomic E-state index is 12.1. The number of aromatic nitrogens is 1. The largest absolute Gasteiger partial charge is 0.392 e. The Morgan fingerprint density at radius 1 is 1.00 bits per heavy atom. The Kier molecular flexibility index (Phi) is 4.74. The summed E-state index contributed by atoms with van der Waals surface area (Å²) in [5.41, 5.74) is 4.06. The van der Waals surface area contributed by atoms with Crippen molar-refractivity contribution >= 4 is 16.8 Å². The zero-order valence-corrected chi connectivity index (χ0v) is 12.9. The van der Waals surface area contributed by atoms with Crippen LogP contribution in [0.5, 0.6) is 0 Å². The summed E-state index contributed by atoms with van der Waals surface area (Å²) < 4.78 is 0. The van der Waals surface area contributed by atoms with E-state index in [4.69, 9.17) is 0 Å². The van der Waals surface area contributed by atoms with Crippen LogP contribution in [-0.4, -0.2) is 16.0 Å². The van der Waals surface area contributed by atoms with Crippen LogP contribution in [0.2, 0.25) is 0 Å². The van der Waals surface area contributed by atoms with Crippen LogP contribution in [0.25, 0.3) is 10.9 Å². The summed E-state index contributed by atoms with van der Waals surface area (Å²) in [7, 11) is 0. The number of hydrogen-bond acceptors (Lipinski definition) is 2. The number of aliphatic hydroxyl groups excluding tert-OH is 1. The minimum Gasteiger partial charge on any atom is -0.392 e. The van der Waals surface area contributed by atoms with Gasteiger partial charge in [-0.3, -0.25) is 4.79 Å². The topological polar surface area (TPSA) is 65.1 Å². The van der Waals surface area contributed by atoms with Crippen molar-refractivity contribution in [3.05, 3.63) is 71.4 Å². The summed E-state index contributed by atoms with van der Waals surface area (Å²) in [6.45, 7) is 0.435. The molecule has 0 spiro atoms. The van der Waals surface area contributed by atoms with E-state index < -0.39 is 0 Å². The third-order valence-electron chi connectivity index (χ3n) is 4.06. The minimum atomic E-state index is -0.0125. The Hall–Kier alpha value is -2.59. The highest BCUT2D eigenvalue weighted by molar-refractivity contribution is 5.84. The van der Waals surface area contributed by atoms with Crippen LogP contribution in [-0.2, 0) is 24.4 Å². The number of hydrogen-bond donors (Lipinski definition) is 3. The van der Waals surface area contributed by atoms with E-state index in [-0.39, 0.29) is 12.5 Å². The molecule has 3 N–H and O–H groups in total. The highest BCUT2D eigenvalue weighted by Crippen LogP contribution is 2.19. The van der Waals surface area contributed by atoms with Gasteiger partial charge in [-0.2, -0.15) is 0 Å². The molecule has 1 aromatic heterocycles. The number of benzene rings is 2. The molecular formula is C19H20N2O2. The molecule has 0 aliphatic rings. The second-order valence-corrected chi connectivity index (χ2v) is 5.56. The van der Waals surface area contributed by atoms with Crippen LogP contribution < -0.4 is 5.32 Å². The Morgan fingerprint density at radius 2 is 1.74 bits per heavy atom. The first-order valence-electron chi connectivity index (χ1n) is 7.77. The molecule has 0 aliphatic carbocycles. The molecule has 118 valence electrons. The molecular weight excluding hydrogens is 288 g/mol. The lowest BCUT2D eigenvalue weighted by atomic mass is 10.1. The standard InChI is InChI=1S/C19H20N2O2/c22-13-16-6-2-1-5-14(16)11-21-19(23)10-9-15-12-20-18-8-4-3-7-17(15)18/h1-8,12,20,22H,9-11,13H2,(H,21,23). The van der Waals surface area contributed by atoms with Gasteiger partial charge in [0.1, 0.15) is 0 Å². The molecule has 1 amide bonds. The SMILES string of the molecule is O=C(CCc1c[nH]c2ccccc12)NCc1ccccc1CO. The van der Waals surface area contributed by atoms with Crippen LogP contribution in [0, 0.1) is 0 Å². The van der Waals surface area contributed by atoms with Gasteiger partial charge in [0.05, 0.1) is 6.61 Å². The molecule has 0 saturated carbocycles. The maximum Gasteiger partial charge on any atom is 0.220 e. The fraction of sp³-hybridized carbons (Fsp3) is 0.211. The smallest absolute Gasteiger partial charge is 0.220 e. The predicted octanol–water partition coefficient (Wildman–Crippen LogP) is 2.91. The lowest BCUT2D eigenvalue weighted by Gasteiger charge is -2.09. The number of carbonyl (C=O) groups excluding carboxylic acids is 1. The molecule has 0 saturated heterocycles. The van der Waals surface area contributed by atoms with Crippen molar-refractivity contribution in [1.29, 1.82) is 0 Å². The van der Waals surface area contributed by atoms with Crippen molar-refractivity contribution in [3.8, 4) is 0 Å². The van der Waals surface area contributed by atoms with Gasteiger partial charge in [-0.1, -0.05) is 42.5 Å². The van der Waals surface area contributed by atoms with Gasteiger partial charge in [-0.25, -0.2) is 0 Å². The van der Waals surface area contributed by atoms with E-state index in [0.29, 0.717) is 19.4 Å². The summed E-state index contributed by atoms with van der Waals surface area (Å²) in [4.78, 5) is 15.3. The summed E-state index contributed by atoms with van der Waals surface area (Å²) in [5.74, 6) is 0.0167. The third kappa shape index (κ3) is 3.60. The summed E-state index contributed by atoms with van der Waals surface area (Å²) in [6, 6.07) is 15.7.